The Kier molecular flexibility index (Phi) is 5.92. The molecule has 2 N–H and O–H groups in total. The number of benzene rings is 1. The van der Waals surface area contributed by atoms with Crippen molar-refractivity contribution < 1.29 is 13.2 Å². The largest absolute Gasteiger partial charge is 0.379 e. The number of morpholine rings is 1. The van der Waals surface area contributed by atoms with Crippen molar-refractivity contribution in [3.8, 4) is 0 Å². The Morgan fingerprint density at radius 2 is 1.89 bits per heavy atom. The highest BCUT2D eigenvalue weighted by atomic mass is 32.2. The van der Waals surface area contributed by atoms with Crippen molar-refractivity contribution in [3.05, 3.63) is 24.3 Å². The number of thiocarbonyl (C=S) groups is 1. The minimum atomic E-state index is -3.47. The van der Waals surface area contributed by atoms with Gasteiger partial charge in [-0.05, 0) is 80.4 Å². The maximum atomic E-state index is 12.7. The first-order valence-corrected chi connectivity index (χ1v) is 12.0. The first kappa shape index (κ1) is 20.1. The zero-order chi connectivity index (χ0) is 19.7. The lowest BCUT2D eigenvalue weighted by Crippen LogP contribution is -2.42. The molecule has 2 bridgehead atoms. The smallest absolute Gasteiger partial charge is 0.243 e. The number of nitrogens with one attached hydrogen (secondary N) is 2. The van der Waals surface area contributed by atoms with Crippen LogP contribution in [0.5, 0.6) is 0 Å². The fourth-order valence-corrected chi connectivity index (χ4v) is 6.75. The second kappa shape index (κ2) is 8.26. The monoisotopic (exact) mass is 423 g/mol. The molecule has 28 heavy (non-hydrogen) atoms. The highest BCUT2D eigenvalue weighted by molar-refractivity contribution is 7.89. The van der Waals surface area contributed by atoms with Gasteiger partial charge in [-0.25, -0.2) is 8.42 Å². The minimum Gasteiger partial charge on any atom is -0.379 e. The van der Waals surface area contributed by atoms with Gasteiger partial charge in [0.15, 0.2) is 5.11 Å². The number of hydrogen-bond donors (Lipinski definition) is 2. The van der Waals surface area contributed by atoms with Crippen molar-refractivity contribution in [2.45, 2.75) is 43.5 Å². The molecule has 1 aromatic carbocycles. The molecule has 4 atom stereocenters. The third kappa shape index (κ3) is 4.20. The minimum absolute atomic E-state index is 0.300. The molecule has 3 aliphatic rings. The van der Waals surface area contributed by atoms with E-state index in [4.69, 9.17) is 17.0 Å². The third-order valence-corrected chi connectivity index (χ3v) is 8.65. The van der Waals surface area contributed by atoms with Crippen LogP contribution in [0.4, 0.5) is 5.69 Å². The molecule has 154 valence electrons. The summed E-state index contributed by atoms with van der Waals surface area (Å²) in [6.45, 7) is 3.91. The molecule has 1 heterocycles. The molecule has 0 spiro atoms. The van der Waals surface area contributed by atoms with E-state index >= 15 is 0 Å². The van der Waals surface area contributed by atoms with Crippen molar-refractivity contribution in [3.63, 3.8) is 0 Å². The zero-order valence-corrected chi connectivity index (χ0v) is 17.9. The van der Waals surface area contributed by atoms with Crippen LogP contribution in [0.25, 0.3) is 0 Å². The quantitative estimate of drug-likeness (QED) is 0.710. The van der Waals surface area contributed by atoms with E-state index in [-0.39, 0.29) is 0 Å². The number of sulfonamides is 1. The van der Waals surface area contributed by atoms with Crippen molar-refractivity contribution in [2.75, 3.05) is 31.6 Å². The third-order valence-electron chi connectivity index (χ3n) is 6.51. The lowest BCUT2D eigenvalue weighted by atomic mass is 9.84. The molecule has 1 saturated heterocycles. The van der Waals surface area contributed by atoms with Crippen LogP contribution in [0.3, 0.4) is 0 Å². The van der Waals surface area contributed by atoms with Gasteiger partial charge in [0.1, 0.15) is 0 Å². The first-order valence-electron chi connectivity index (χ1n) is 10.2. The molecule has 2 saturated carbocycles. The predicted molar refractivity (Wildman–Crippen MR) is 114 cm³/mol. The fourth-order valence-electron chi connectivity index (χ4n) is 5.03. The summed E-state index contributed by atoms with van der Waals surface area (Å²) in [5.74, 6) is 2.47. The lowest BCUT2D eigenvalue weighted by molar-refractivity contribution is 0.0730. The van der Waals surface area contributed by atoms with Crippen LogP contribution in [0.2, 0.25) is 0 Å². The van der Waals surface area contributed by atoms with Crippen molar-refractivity contribution >= 4 is 33.0 Å². The van der Waals surface area contributed by atoms with E-state index in [0.29, 0.717) is 48.3 Å². The number of ether oxygens (including phenoxy) is 1. The number of fused-ring (bicyclic) bond motifs is 2. The summed E-state index contributed by atoms with van der Waals surface area (Å²) in [6.07, 6.45) is 5.46. The number of hydrogen-bond acceptors (Lipinski definition) is 4. The summed E-state index contributed by atoms with van der Waals surface area (Å²) in [5, 5.41) is 7.22. The fraction of sp³-hybridized carbons (Fsp3) is 0.650. The second-order valence-corrected chi connectivity index (χ2v) is 10.6. The van der Waals surface area contributed by atoms with Crippen molar-refractivity contribution in [2.24, 2.45) is 17.8 Å². The summed E-state index contributed by atoms with van der Waals surface area (Å²) in [4.78, 5) is 0.300. The molecule has 6 nitrogen and oxygen atoms in total. The molecule has 0 amide bonds. The van der Waals surface area contributed by atoms with Crippen LogP contribution in [0.1, 0.15) is 32.6 Å². The molecular weight excluding hydrogens is 394 g/mol. The number of nitrogens with zero attached hydrogens (tertiary/aromatic N) is 1. The molecule has 3 fully saturated rings. The Hall–Kier alpha value is -1.22. The van der Waals surface area contributed by atoms with Crippen LogP contribution < -0.4 is 10.6 Å². The average molecular weight is 424 g/mol. The average Bonchev–Trinajstić information content (AvgIpc) is 3.32. The second-order valence-electron chi connectivity index (χ2n) is 8.27. The summed E-state index contributed by atoms with van der Waals surface area (Å²) in [7, 11) is -3.47. The predicted octanol–water partition coefficient (Wildman–Crippen LogP) is 2.82. The van der Waals surface area contributed by atoms with Gasteiger partial charge in [-0.15, -0.1) is 0 Å². The maximum absolute atomic E-state index is 12.7. The lowest BCUT2D eigenvalue weighted by Gasteiger charge is -2.29. The Labute approximate surface area is 173 Å². The van der Waals surface area contributed by atoms with Crippen LogP contribution in [-0.4, -0.2) is 50.2 Å². The van der Waals surface area contributed by atoms with Gasteiger partial charge in [0.2, 0.25) is 10.0 Å². The van der Waals surface area contributed by atoms with Gasteiger partial charge < -0.3 is 15.4 Å². The van der Waals surface area contributed by atoms with Crippen molar-refractivity contribution in [1.29, 1.82) is 0 Å². The Balaban J connectivity index is 1.33. The molecule has 1 aromatic rings. The van der Waals surface area contributed by atoms with Crippen LogP contribution in [0.15, 0.2) is 29.2 Å². The summed E-state index contributed by atoms with van der Waals surface area (Å²) in [5.41, 5.74) is 0.790. The van der Waals surface area contributed by atoms with Gasteiger partial charge >= 0.3 is 0 Å². The van der Waals surface area contributed by atoms with E-state index in [1.807, 2.05) is 0 Å². The Morgan fingerprint density at radius 3 is 2.50 bits per heavy atom. The molecule has 0 unspecified atom stereocenters. The molecule has 1 aliphatic heterocycles. The highest BCUT2D eigenvalue weighted by Gasteiger charge is 2.41. The van der Waals surface area contributed by atoms with E-state index in [0.717, 1.165) is 17.5 Å². The zero-order valence-electron chi connectivity index (χ0n) is 16.3. The molecule has 0 aromatic heterocycles. The molecule has 4 rings (SSSR count). The van der Waals surface area contributed by atoms with Gasteiger partial charge in [-0.1, -0.05) is 6.42 Å². The summed E-state index contributed by atoms with van der Waals surface area (Å²) in [6, 6.07) is 7.16. The van der Waals surface area contributed by atoms with E-state index in [9.17, 15) is 8.42 Å². The topological polar surface area (TPSA) is 70.7 Å². The molecule has 0 radical (unpaired) electrons. The van der Waals surface area contributed by atoms with Gasteiger partial charge in [0.25, 0.3) is 0 Å². The Bertz CT molecular complexity index is 806. The van der Waals surface area contributed by atoms with Crippen LogP contribution >= 0.6 is 12.2 Å². The van der Waals surface area contributed by atoms with E-state index in [1.54, 1.807) is 24.3 Å². The standard InChI is InChI=1S/C20H29N3O3S2/c1-14(19-13-15-2-3-16(19)12-15)21-20(27)22-17-4-6-18(7-5-17)28(24,25)23-8-10-26-11-9-23/h4-7,14-16,19H,2-3,8-13H2,1H3,(H2,21,22,27)/t14-,15-,16-,19-/m0/s1. The Morgan fingerprint density at radius 1 is 1.18 bits per heavy atom. The summed E-state index contributed by atoms with van der Waals surface area (Å²) < 4.78 is 32.1. The van der Waals surface area contributed by atoms with Gasteiger partial charge in [0, 0.05) is 24.8 Å². The van der Waals surface area contributed by atoms with Crippen LogP contribution in [0, 0.1) is 17.8 Å². The maximum Gasteiger partial charge on any atom is 0.243 e. The van der Waals surface area contributed by atoms with Gasteiger partial charge in [-0.2, -0.15) is 4.31 Å². The van der Waals surface area contributed by atoms with Crippen LogP contribution in [-0.2, 0) is 14.8 Å². The van der Waals surface area contributed by atoms with Gasteiger partial charge in [0.05, 0.1) is 18.1 Å². The molecular formula is C20H29N3O3S2. The first-order chi connectivity index (χ1) is 13.4. The molecule has 8 heteroatoms. The SMILES string of the molecule is C[C@H](NC(=S)Nc1ccc(S(=O)(=O)N2CCOCC2)cc1)[C@@H]1C[C@H]2CC[C@H]1C2. The van der Waals surface area contributed by atoms with E-state index < -0.39 is 10.0 Å². The van der Waals surface area contributed by atoms with E-state index in [1.165, 1.54) is 30.0 Å². The van der Waals surface area contributed by atoms with E-state index in [2.05, 4.69) is 17.6 Å². The highest BCUT2D eigenvalue weighted by Crippen LogP contribution is 2.49. The number of rotatable bonds is 5. The number of anilines is 1. The normalized spacial score (nSPS) is 28.8. The molecule has 2 aliphatic carbocycles. The van der Waals surface area contributed by atoms with Crippen molar-refractivity contribution in [1.82, 2.24) is 9.62 Å². The summed E-state index contributed by atoms with van der Waals surface area (Å²) >= 11 is 5.48. The van der Waals surface area contributed by atoms with Gasteiger partial charge in [-0.3, -0.25) is 0 Å².